The second kappa shape index (κ2) is 9.44. The van der Waals surface area contributed by atoms with Gasteiger partial charge in [-0.3, -0.25) is 0 Å². The summed E-state index contributed by atoms with van der Waals surface area (Å²) in [6.45, 7) is 3.73. The van der Waals surface area contributed by atoms with Gasteiger partial charge in [0, 0.05) is 6.07 Å². The van der Waals surface area contributed by atoms with Gasteiger partial charge in [0.1, 0.15) is 11.5 Å². The summed E-state index contributed by atoms with van der Waals surface area (Å²) in [5.74, 6) is 0.117. The van der Waals surface area contributed by atoms with E-state index in [1.807, 2.05) is 32.1 Å². The quantitative estimate of drug-likeness (QED) is 0.410. The van der Waals surface area contributed by atoms with Gasteiger partial charge in [0.05, 0.1) is 5.60 Å². The molecule has 3 N–H and O–H groups in total. The minimum absolute atomic E-state index is 0.0583. The fourth-order valence-electron chi connectivity index (χ4n) is 3.00. The molecule has 2 aromatic carbocycles. The van der Waals surface area contributed by atoms with Gasteiger partial charge >= 0.3 is 0 Å². The molecule has 0 amide bonds. The van der Waals surface area contributed by atoms with Crippen LogP contribution >= 0.6 is 0 Å². The lowest BCUT2D eigenvalue weighted by Crippen LogP contribution is -2.17. The Morgan fingerprint density at radius 3 is 2.15 bits per heavy atom. The molecule has 2 aromatic rings. The molecule has 0 saturated carbocycles. The monoisotopic (exact) mass is 354 g/mol. The third-order valence-electron chi connectivity index (χ3n) is 4.35. The Bertz CT molecular complexity index is 706. The first kappa shape index (κ1) is 20.1. The second-order valence-corrected chi connectivity index (χ2v) is 7.59. The van der Waals surface area contributed by atoms with Crippen LogP contribution in [0.1, 0.15) is 62.6 Å². The van der Waals surface area contributed by atoms with Crippen molar-refractivity contribution in [2.24, 2.45) is 0 Å². The summed E-state index contributed by atoms with van der Waals surface area (Å²) >= 11 is 0. The number of aliphatic hydroxyl groups is 1. The number of aryl methyl sites for hydroxylation is 1. The van der Waals surface area contributed by atoms with Gasteiger partial charge in [-0.15, -0.1) is 0 Å². The lowest BCUT2D eigenvalue weighted by molar-refractivity contribution is 0.0680. The van der Waals surface area contributed by atoms with E-state index in [1.165, 1.54) is 18.1 Å². The van der Waals surface area contributed by atoms with Gasteiger partial charge in [-0.1, -0.05) is 55.7 Å². The molecule has 0 unspecified atom stereocenters. The van der Waals surface area contributed by atoms with Crippen molar-refractivity contribution in [3.63, 3.8) is 0 Å². The van der Waals surface area contributed by atoms with Gasteiger partial charge in [-0.05, 0) is 61.9 Å². The van der Waals surface area contributed by atoms with E-state index in [0.717, 1.165) is 43.2 Å². The molecule has 3 nitrogen and oxygen atoms in total. The molecule has 0 bridgehead atoms. The van der Waals surface area contributed by atoms with Gasteiger partial charge in [0.15, 0.2) is 0 Å². The highest BCUT2D eigenvalue weighted by molar-refractivity contribution is 5.71. The van der Waals surface area contributed by atoms with Crippen LogP contribution < -0.4 is 0 Å². The maximum absolute atomic E-state index is 9.71. The van der Waals surface area contributed by atoms with Crippen molar-refractivity contribution >= 4 is 12.2 Å². The van der Waals surface area contributed by atoms with Crippen LogP contribution in [0.15, 0.2) is 42.5 Å². The molecule has 0 aliphatic rings. The van der Waals surface area contributed by atoms with Crippen molar-refractivity contribution in [1.29, 1.82) is 0 Å². The van der Waals surface area contributed by atoms with Crippen LogP contribution in [0.5, 0.6) is 11.5 Å². The zero-order valence-electron chi connectivity index (χ0n) is 15.8. The number of hydrogen-bond donors (Lipinski definition) is 3. The van der Waals surface area contributed by atoms with Crippen LogP contribution in [-0.2, 0) is 6.42 Å². The molecular weight excluding hydrogens is 324 g/mol. The standard InChI is InChI=1S/C23H30O3/c1-23(2,26)13-6-4-3-5-8-18-9-7-10-19(14-18)11-12-20-15-21(24)17-22(25)16-20/h7,9-12,14-17,24-26H,3-6,8,13H2,1-2H3. The summed E-state index contributed by atoms with van der Waals surface area (Å²) in [6.07, 6.45) is 10.3. The number of phenolic OH excluding ortho intramolecular Hbond substituents is 2. The highest BCUT2D eigenvalue weighted by Gasteiger charge is 2.10. The van der Waals surface area contributed by atoms with Crippen LogP contribution in [0.2, 0.25) is 0 Å². The Hall–Kier alpha value is -2.26. The average Bonchev–Trinajstić information content (AvgIpc) is 2.55. The van der Waals surface area contributed by atoms with Crippen LogP contribution in [-0.4, -0.2) is 20.9 Å². The Kier molecular flexibility index (Phi) is 7.28. The first-order chi connectivity index (χ1) is 12.3. The topological polar surface area (TPSA) is 60.7 Å². The maximum atomic E-state index is 9.71. The zero-order chi connectivity index (χ0) is 19.0. The predicted octanol–water partition coefficient (Wildman–Crippen LogP) is 5.53. The lowest BCUT2D eigenvalue weighted by atomic mass is 9.99. The molecular formula is C23H30O3. The van der Waals surface area contributed by atoms with E-state index in [0.29, 0.717) is 0 Å². The molecule has 0 aliphatic carbocycles. The maximum Gasteiger partial charge on any atom is 0.119 e. The van der Waals surface area contributed by atoms with Gasteiger partial charge in [0.2, 0.25) is 0 Å². The van der Waals surface area contributed by atoms with E-state index in [4.69, 9.17) is 0 Å². The molecule has 0 aliphatic heterocycles. The molecule has 0 atom stereocenters. The molecule has 0 heterocycles. The van der Waals surface area contributed by atoms with Gasteiger partial charge in [0.25, 0.3) is 0 Å². The molecule has 0 aromatic heterocycles. The lowest BCUT2D eigenvalue weighted by Gasteiger charge is -2.16. The average molecular weight is 354 g/mol. The molecule has 140 valence electrons. The first-order valence-electron chi connectivity index (χ1n) is 9.34. The predicted molar refractivity (Wildman–Crippen MR) is 108 cm³/mol. The third-order valence-corrected chi connectivity index (χ3v) is 4.35. The zero-order valence-corrected chi connectivity index (χ0v) is 15.8. The van der Waals surface area contributed by atoms with Crippen molar-refractivity contribution in [3.8, 4) is 11.5 Å². The number of rotatable bonds is 9. The van der Waals surface area contributed by atoms with Crippen molar-refractivity contribution in [1.82, 2.24) is 0 Å². The largest absolute Gasteiger partial charge is 0.508 e. The first-order valence-corrected chi connectivity index (χ1v) is 9.34. The summed E-state index contributed by atoms with van der Waals surface area (Å²) in [6, 6.07) is 13.0. The van der Waals surface area contributed by atoms with E-state index >= 15 is 0 Å². The molecule has 3 heteroatoms. The number of aromatic hydroxyl groups is 2. The summed E-state index contributed by atoms with van der Waals surface area (Å²) < 4.78 is 0. The van der Waals surface area contributed by atoms with Crippen LogP contribution in [0.4, 0.5) is 0 Å². The number of benzene rings is 2. The van der Waals surface area contributed by atoms with E-state index < -0.39 is 5.60 Å². The fourth-order valence-corrected chi connectivity index (χ4v) is 3.00. The molecule has 0 spiro atoms. The fraction of sp³-hybridized carbons (Fsp3) is 0.391. The summed E-state index contributed by atoms with van der Waals surface area (Å²) in [7, 11) is 0. The van der Waals surface area contributed by atoms with Crippen LogP contribution in [0.25, 0.3) is 12.2 Å². The number of phenols is 2. The summed E-state index contributed by atoms with van der Waals surface area (Å²) in [4.78, 5) is 0. The van der Waals surface area contributed by atoms with E-state index in [9.17, 15) is 15.3 Å². The van der Waals surface area contributed by atoms with Crippen LogP contribution in [0.3, 0.4) is 0 Å². The SMILES string of the molecule is CC(C)(O)CCCCCCc1cccc(C=Cc2cc(O)cc(O)c2)c1. The Morgan fingerprint density at radius 1 is 0.808 bits per heavy atom. The minimum atomic E-state index is -0.549. The summed E-state index contributed by atoms with van der Waals surface area (Å²) in [5, 5.41) is 28.8. The van der Waals surface area contributed by atoms with E-state index in [-0.39, 0.29) is 11.5 Å². The molecule has 0 radical (unpaired) electrons. The Labute approximate surface area is 156 Å². The summed E-state index contributed by atoms with van der Waals surface area (Å²) in [5.41, 5.74) is 2.63. The smallest absolute Gasteiger partial charge is 0.119 e. The highest BCUT2D eigenvalue weighted by atomic mass is 16.3. The normalized spacial score (nSPS) is 12.0. The Balaban J connectivity index is 1.83. The third kappa shape index (κ3) is 7.75. The Morgan fingerprint density at radius 2 is 1.46 bits per heavy atom. The number of hydrogen-bond acceptors (Lipinski definition) is 3. The molecule has 2 rings (SSSR count). The van der Waals surface area contributed by atoms with Crippen molar-refractivity contribution < 1.29 is 15.3 Å². The van der Waals surface area contributed by atoms with Gasteiger partial charge in [-0.2, -0.15) is 0 Å². The second-order valence-electron chi connectivity index (χ2n) is 7.59. The highest BCUT2D eigenvalue weighted by Crippen LogP contribution is 2.22. The van der Waals surface area contributed by atoms with E-state index in [2.05, 4.69) is 18.2 Å². The number of unbranched alkanes of at least 4 members (excludes halogenated alkanes) is 3. The van der Waals surface area contributed by atoms with Gasteiger partial charge < -0.3 is 15.3 Å². The van der Waals surface area contributed by atoms with E-state index in [1.54, 1.807) is 12.1 Å². The molecule has 0 saturated heterocycles. The van der Waals surface area contributed by atoms with Crippen molar-refractivity contribution in [2.45, 2.75) is 58.0 Å². The molecule has 26 heavy (non-hydrogen) atoms. The molecule has 0 fully saturated rings. The van der Waals surface area contributed by atoms with Crippen LogP contribution in [0, 0.1) is 0 Å². The van der Waals surface area contributed by atoms with Gasteiger partial charge in [-0.25, -0.2) is 0 Å². The van der Waals surface area contributed by atoms with Crippen molar-refractivity contribution in [2.75, 3.05) is 0 Å². The minimum Gasteiger partial charge on any atom is -0.508 e. The van der Waals surface area contributed by atoms with Crippen molar-refractivity contribution in [3.05, 3.63) is 59.2 Å².